The summed E-state index contributed by atoms with van der Waals surface area (Å²) in [6, 6.07) is 6.12. The Labute approximate surface area is 161 Å². The second kappa shape index (κ2) is 9.44. The molecule has 0 atom stereocenters. The van der Waals surface area contributed by atoms with E-state index in [1.54, 1.807) is 23.4 Å². The van der Waals surface area contributed by atoms with E-state index in [0.29, 0.717) is 24.2 Å². The Morgan fingerprint density at radius 3 is 2.56 bits per heavy atom. The third kappa shape index (κ3) is 5.74. The quantitative estimate of drug-likeness (QED) is 0.790. The fourth-order valence-electron chi connectivity index (χ4n) is 3.49. The van der Waals surface area contributed by atoms with Crippen LogP contribution in [0.5, 0.6) is 0 Å². The highest BCUT2D eigenvalue weighted by atomic mass is 16.2. The van der Waals surface area contributed by atoms with Crippen molar-refractivity contribution in [2.75, 3.05) is 18.9 Å². The molecule has 2 aromatic rings. The van der Waals surface area contributed by atoms with Crippen LogP contribution in [0.4, 0.5) is 5.95 Å². The molecule has 1 amide bonds. The van der Waals surface area contributed by atoms with Crippen LogP contribution >= 0.6 is 0 Å². The number of rotatable bonds is 6. The van der Waals surface area contributed by atoms with E-state index in [0.717, 1.165) is 25.0 Å². The van der Waals surface area contributed by atoms with Crippen molar-refractivity contribution in [3.8, 4) is 0 Å². The minimum Gasteiger partial charge on any atom is -0.351 e. The molecule has 6 heteroatoms. The van der Waals surface area contributed by atoms with Gasteiger partial charge in [-0.05, 0) is 49.9 Å². The predicted molar refractivity (Wildman–Crippen MR) is 107 cm³/mol. The number of hydrogen-bond donors (Lipinski definition) is 1. The lowest BCUT2D eigenvalue weighted by Gasteiger charge is -2.19. The van der Waals surface area contributed by atoms with Crippen molar-refractivity contribution in [1.82, 2.24) is 19.9 Å². The first kappa shape index (κ1) is 19.3. The molecule has 0 saturated heterocycles. The van der Waals surface area contributed by atoms with Gasteiger partial charge in [-0.1, -0.05) is 25.7 Å². The maximum absolute atomic E-state index is 12.8. The average Bonchev–Trinajstić information content (AvgIpc) is 2.94. The Morgan fingerprint density at radius 1 is 1.15 bits per heavy atom. The zero-order valence-electron chi connectivity index (χ0n) is 16.3. The molecule has 144 valence electrons. The summed E-state index contributed by atoms with van der Waals surface area (Å²) in [5, 5.41) is 3.45. The molecule has 0 bridgehead atoms. The van der Waals surface area contributed by atoms with Gasteiger partial charge in [-0.25, -0.2) is 9.97 Å². The van der Waals surface area contributed by atoms with Crippen LogP contribution in [0, 0.1) is 6.92 Å². The van der Waals surface area contributed by atoms with Crippen molar-refractivity contribution < 1.29 is 4.79 Å². The van der Waals surface area contributed by atoms with Gasteiger partial charge in [0.25, 0.3) is 5.91 Å². The molecule has 0 radical (unpaired) electrons. The topological polar surface area (TPSA) is 71.0 Å². The molecule has 2 aromatic heterocycles. The normalized spacial score (nSPS) is 15.2. The van der Waals surface area contributed by atoms with Gasteiger partial charge in [0.15, 0.2) is 0 Å². The van der Waals surface area contributed by atoms with Gasteiger partial charge >= 0.3 is 0 Å². The number of pyridine rings is 1. The van der Waals surface area contributed by atoms with Crippen LogP contribution in [-0.2, 0) is 6.42 Å². The minimum absolute atomic E-state index is 0.0709. The van der Waals surface area contributed by atoms with E-state index in [9.17, 15) is 4.79 Å². The highest BCUT2D eigenvalue weighted by molar-refractivity contribution is 5.92. The smallest absolute Gasteiger partial charge is 0.272 e. The van der Waals surface area contributed by atoms with Crippen LogP contribution < -0.4 is 5.32 Å². The number of amides is 1. The van der Waals surface area contributed by atoms with Crippen molar-refractivity contribution in [2.45, 2.75) is 57.9 Å². The summed E-state index contributed by atoms with van der Waals surface area (Å²) in [5.41, 5.74) is 2.43. The third-order valence-electron chi connectivity index (χ3n) is 5.09. The largest absolute Gasteiger partial charge is 0.351 e. The molecule has 1 aliphatic carbocycles. The molecule has 0 unspecified atom stereocenters. The summed E-state index contributed by atoms with van der Waals surface area (Å²) in [4.78, 5) is 27.6. The van der Waals surface area contributed by atoms with Gasteiger partial charge in [-0.15, -0.1) is 0 Å². The highest BCUT2D eigenvalue weighted by Crippen LogP contribution is 2.20. The molecule has 1 aliphatic rings. The summed E-state index contributed by atoms with van der Waals surface area (Å²) in [6.45, 7) is 2.55. The average molecular weight is 367 g/mol. The van der Waals surface area contributed by atoms with Gasteiger partial charge < -0.3 is 10.2 Å². The molecule has 27 heavy (non-hydrogen) atoms. The van der Waals surface area contributed by atoms with Gasteiger partial charge in [0.2, 0.25) is 5.95 Å². The van der Waals surface area contributed by atoms with Crippen LogP contribution in [0.3, 0.4) is 0 Å². The predicted octanol–water partition coefficient (Wildman–Crippen LogP) is 3.63. The molecule has 2 heterocycles. The summed E-state index contributed by atoms with van der Waals surface area (Å²) < 4.78 is 0. The molecular weight excluding hydrogens is 338 g/mol. The lowest BCUT2D eigenvalue weighted by molar-refractivity contribution is 0.0790. The monoisotopic (exact) mass is 367 g/mol. The van der Waals surface area contributed by atoms with Crippen LogP contribution in [-0.4, -0.2) is 45.4 Å². The molecule has 1 fully saturated rings. The molecule has 1 N–H and O–H groups in total. The Kier molecular flexibility index (Phi) is 6.74. The lowest BCUT2D eigenvalue weighted by Crippen LogP contribution is -2.30. The summed E-state index contributed by atoms with van der Waals surface area (Å²) in [5.74, 6) is 0.506. The zero-order chi connectivity index (χ0) is 19.1. The number of aromatic nitrogens is 3. The number of carbonyl (C=O) groups is 1. The highest BCUT2D eigenvalue weighted by Gasteiger charge is 2.18. The van der Waals surface area contributed by atoms with Crippen molar-refractivity contribution in [3.63, 3.8) is 0 Å². The number of anilines is 1. The van der Waals surface area contributed by atoms with Gasteiger partial charge in [-0.3, -0.25) is 9.78 Å². The summed E-state index contributed by atoms with van der Waals surface area (Å²) in [6.07, 6.45) is 11.7. The van der Waals surface area contributed by atoms with Gasteiger partial charge in [-0.2, -0.15) is 0 Å². The van der Waals surface area contributed by atoms with Crippen molar-refractivity contribution in [2.24, 2.45) is 0 Å². The Balaban J connectivity index is 1.64. The first-order valence-corrected chi connectivity index (χ1v) is 9.88. The van der Waals surface area contributed by atoms with Crippen molar-refractivity contribution >= 4 is 11.9 Å². The second-order valence-corrected chi connectivity index (χ2v) is 7.38. The minimum atomic E-state index is -0.0709. The molecular formula is C21H29N5O. The number of carbonyl (C=O) groups excluding carboxylic acids is 1. The van der Waals surface area contributed by atoms with Gasteiger partial charge in [0, 0.05) is 37.7 Å². The van der Waals surface area contributed by atoms with E-state index < -0.39 is 0 Å². The molecule has 0 spiro atoms. The number of likely N-dealkylation sites (N-methyl/N-ethyl adjacent to an activating group) is 1. The number of nitrogens with zero attached hydrogens (tertiary/aromatic N) is 4. The molecule has 1 saturated carbocycles. The molecule has 0 aromatic carbocycles. The number of hydrogen-bond acceptors (Lipinski definition) is 5. The Hall–Kier alpha value is -2.50. The number of nitrogens with one attached hydrogen (secondary N) is 1. The summed E-state index contributed by atoms with van der Waals surface area (Å²) in [7, 11) is 1.82. The van der Waals surface area contributed by atoms with E-state index in [4.69, 9.17) is 0 Å². The lowest BCUT2D eigenvalue weighted by atomic mass is 10.1. The maximum Gasteiger partial charge on any atom is 0.272 e. The fraction of sp³-hybridized carbons (Fsp3) is 0.524. The van der Waals surface area contributed by atoms with Gasteiger partial charge in [0.1, 0.15) is 5.69 Å². The van der Waals surface area contributed by atoms with Crippen molar-refractivity contribution in [3.05, 3.63) is 47.5 Å². The number of aryl methyl sites for hydroxylation is 1. The summed E-state index contributed by atoms with van der Waals surface area (Å²) >= 11 is 0. The molecule has 3 rings (SSSR count). The van der Waals surface area contributed by atoms with Gasteiger partial charge in [0.05, 0.1) is 0 Å². The second-order valence-electron chi connectivity index (χ2n) is 7.38. The van der Waals surface area contributed by atoms with Crippen LogP contribution in [0.2, 0.25) is 0 Å². The van der Waals surface area contributed by atoms with E-state index in [-0.39, 0.29) is 5.91 Å². The fourth-order valence-corrected chi connectivity index (χ4v) is 3.49. The van der Waals surface area contributed by atoms with Crippen LogP contribution in [0.15, 0.2) is 30.6 Å². The molecule has 0 aliphatic heterocycles. The van der Waals surface area contributed by atoms with E-state index >= 15 is 0 Å². The van der Waals surface area contributed by atoms with E-state index in [1.807, 2.05) is 26.1 Å². The Morgan fingerprint density at radius 2 is 1.85 bits per heavy atom. The molecule has 6 nitrogen and oxygen atoms in total. The third-order valence-corrected chi connectivity index (χ3v) is 5.09. The van der Waals surface area contributed by atoms with E-state index in [1.165, 1.54) is 31.2 Å². The SMILES string of the molecule is Cc1cc(C(=O)N(C)CCc2ccncc2)nc(NC2CCCCCC2)n1. The first-order valence-electron chi connectivity index (χ1n) is 9.88. The van der Waals surface area contributed by atoms with Crippen LogP contribution in [0.25, 0.3) is 0 Å². The van der Waals surface area contributed by atoms with Crippen molar-refractivity contribution in [1.29, 1.82) is 0 Å². The Bertz CT molecular complexity index is 741. The zero-order valence-corrected chi connectivity index (χ0v) is 16.3. The first-order chi connectivity index (χ1) is 13.1. The standard InChI is InChI=1S/C21H29N5O/c1-16-15-19(20(27)26(2)14-11-17-9-12-22-13-10-17)25-21(23-16)24-18-7-5-3-4-6-8-18/h9-10,12-13,15,18H,3-8,11,14H2,1-2H3,(H,23,24,25). The van der Waals surface area contributed by atoms with Crippen LogP contribution in [0.1, 0.15) is 60.3 Å². The van der Waals surface area contributed by atoms with E-state index in [2.05, 4.69) is 20.3 Å². The maximum atomic E-state index is 12.8.